The number of hydrogen-bond acceptors (Lipinski definition) is 9. The number of oxazole rings is 1. The lowest BCUT2D eigenvalue weighted by Gasteiger charge is -2.11. The van der Waals surface area contributed by atoms with E-state index in [1.54, 1.807) is 6.07 Å². The predicted molar refractivity (Wildman–Crippen MR) is 121 cm³/mol. The van der Waals surface area contributed by atoms with Crippen molar-refractivity contribution in [3.63, 3.8) is 0 Å². The number of rotatable bonds is 6. The van der Waals surface area contributed by atoms with Gasteiger partial charge in [0.05, 0.1) is 20.2 Å². The summed E-state index contributed by atoms with van der Waals surface area (Å²) in [6.07, 6.45) is -4.64. The Morgan fingerprint density at radius 2 is 1.86 bits per heavy atom. The van der Waals surface area contributed by atoms with Crippen LogP contribution in [0.5, 0.6) is 5.75 Å². The maximum absolute atomic E-state index is 13.2. The average Bonchev–Trinajstić information content (AvgIpc) is 3.48. The number of pyridine rings is 1. The topological polar surface area (TPSA) is 142 Å². The van der Waals surface area contributed by atoms with E-state index in [1.165, 1.54) is 19.2 Å². The maximum atomic E-state index is 13.2. The van der Waals surface area contributed by atoms with Crippen LogP contribution in [0.15, 0.2) is 33.2 Å². The molecule has 0 aliphatic rings. The quantitative estimate of drug-likeness (QED) is 0.398. The minimum atomic E-state index is -4.64. The molecule has 3 heterocycles. The third-order valence-corrected chi connectivity index (χ3v) is 5.18. The number of methoxy groups -OCH3 is 1. The van der Waals surface area contributed by atoms with Gasteiger partial charge in [0.25, 0.3) is 5.91 Å². The smallest absolute Gasteiger partial charge is 0.433 e. The normalized spacial score (nSPS) is 12.2. The summed E-state index contributed by atoms with van der Waals surface area (Å²) in [5, 5.41) is 6.78. The fraction of sp³-hybridized carbons (Fsp3) is 0.348. The molecule has 0 bridgehead atoms. The molecule has 0 saturated heterocycles. The van der Waals surface area contributed by atoms with Crippen molar-refractivity contribution in [3.8, 4) is 17.2 Å². The number of nitrogens with zero attached hydrogens (tertiary/aromatic N) is 4. The zero-order valence-corrected chi connectivity index (χ0v) is 19.9. The predicted octanol–water partition coefficient (Wildman–Crippen LogP) is 3.99. The molecule has 3 N–H and O–H groups in total. The highest BCUT2D eigenvalue weighted by Gasteiger charge is 2.33. The van der Waals surface area contributed by atoms with Crippen LogP contribution in [0, 0.1) is 0 Å². The van der Waals surface area contributed by atoms with Crippen LogP contribution in [-0.2, 0) is 24.7 Å². The number of aromatic nitrogens is 4. The van der Waals surface area contributed by atoms with Gasteiger partial charge in [0.15, 0.2) is 17.3 Å². The number of nitrogens with one attached hydrogen (secondary N) is 1. The number of ether oxygens (including phenoxy) is 1. The highest BCUT2D eigenvalue weighted by molar-refractivity contribution is 5.98. The van der Waals surface area contributed by atoms with Crippen molar-refractivity contribution in [3.05, 3.63) is 53.1 Å². The second kappa shape index (κ2) is 9.22. The number of nitrogens with two attached hydrogens (primary N) is 1. The summed E-state index contributed by atoms with van der Waals surface area (Å²) in [5.41, 5.74) is 4.54. The molecule has 1 amide bonds. The van der Waals surface area contributed by atoms with E-state index >= 15 is 0 Å². The summed E-state index contributed by atoms with van der Waals surface area (Å²) in [4.78, 5) is 25.1. The van der Waals surface area contributed by atoms with E-state index in [-0.39, 0.29) is 52.9 Å². The zero-order chi connectivity index (χ0) is 26.3. The summed E-state index contributed by atoms with van der Waals surface area (Å²) < 4.78 is 55.7. The second-order valence-electron chi connectivity index (χ2n) is 8.85. The van der Waals surface area contributed by atoms with Gasteiger partial charge in [-0.1, -0.05) is 25.9 Å². The number of carbonyl (C=O) groups is 1. The number of halogens is 3. The maximum Gasteiger partial charge on any atom is 0.433 e. The third kappa shape index (κ3) is 4.87. The molecular formula is C23H23F3N6O4. The van der Waals surface area contributed by atoms with Gasteiger partial charge in [0.2, 0.25) is 11.8 Å². The van der Waals surface area contributed by atoms with Crippen molar-refractivity contribution in [1.82, 2.24) is 25.4 Å². The fourth-order valence-corrected chi connectivity index (χ4v) is 3.36. The van der Waals surface area contributed by atoms with Crippen LogP contribution in [0.25, 0.3) is 22.4 Å². The third-order valence-electron chi connectivity index (χ3n) is 5.18. The van der Waals surface area contributed by atoms with Crippen LogP contribution >= 0.6 is 0 Å². The number of benzene rings is 1. The van der Waals surface area contributed by atoms with Gasteiger partial charge in [0.1, 0.15) is 17.0 Å². The van der Waals surface area contributed by atoms with Crippen LogP contribution in [0.4, 0.5) is 13.2 Å². The van der Waals surface area contributed by atoms with Crippen molar-refractivity contribution in [2.24, 2.45) is 5.73 Å². The number of alkyl halides is 3. The van der Waals surface area contributed by atoms with Gasteiger partial charge in [0, 0.05) is 16.4 Å². The number of amides is 1. The van der Waals surface area contributed by atoms with Crippen LogP contribution in [0.2, 0.25) is 0 Å². The minimum absolute atomic E-state index is 0.00982. The molecule has 0 aliphatic heterocycles. The SMILES string of the molecule is COc1ccc(-c2nc(C(=O)NCc3noc(C(C)(C)C)n3)c(CN)o2)c2ccc(C(F)(F)F)nc12. The summed E-state index contributed by atoms with van der Waals surface area (Å²) in [6, 6.07) is 5.09. The average molecular weight is 504 g/mol. The molecule has 13 heteroatoms. The van der Waals surface area contributed by atoms with E-state index in [2.05, 4.69) is 25.4 Å². The summed E-state index contributed by atoms with van der Waals surface area (Å²) >= 11 is 0. The minimum Gasteiger partial charge on any atom is -0.494 e. The molecule has 0 unspecified atom stereocenters. The first kappa shape index (κ1) is 25.1. The molecule has 0 saturated carbocycles. The molecule has 0 atom stereocenters. The molecule has 190 valence electrons. The van der Waals surface area contributed by atoms with Crippen LogP contribution in [-0.4, -0.2) is 33.1 Å². The standard InChI is InChI=1S/C23H23F3N6O4/c1-22(2,3)21-30-16(32-36-21)10-28-19(33)18-14(9-27)35-20(31-18)12-5-7-13(34-4)17-11(12)6-8-15(29-17)23(24,25)26/h5-8H,9-10,27H2,1-4H3,(H,28,33). The van der Waals surface area contributed by atoms with E-state index in [0.717, 1.165) is 6.07 Å². The molecule has 4 rings (SSSR count). The van der Waals surface area contributed by atoms with Crippen molar-refractivity contribution in [1.29, 1.82) is 0 Å². The molecule has 1 aromatic carbocycles. The lowest BCUT2D eigenvalue weighted by atomic mass is 9.97. The van der Waals surface area contributed by atoms with E-state index in [1.807, 2.05) is 20.8 Å². The Hall–Kier alpha value is -4.00. The Bertz CT molecular complexity index is 1420. The Labute approximate surface area is 203 Å². The van der Waals surface area contributed by atoms with Gasteiger partial charge in [-0.25, -0.2) is 9.97 Å². The first-order valence-corrected chi connectivity index (χ1v) is 10.8. The van der Waals surface area contributed by atoms with Gasteiger partial charge in [-0.3, -0.25) is 4.79 Å². The molecule has 0 spiro atoms. The van der Waals surface area contributed by atoms with Gasteiger partial charge in [-0.15, -0.1) is 0 Å². The Kier molecular flexibility index (Phi) is 6.43. The number of fused-ring (bicyclic) bond motifs is 1. The Morgan fingerprint density at radius 3 is 2.47 bits per heavy atom. The molecule has 0 aliphatic carbocycles. The van der Waals surface area contributed by atoms with Crippen LogP contribution < -0.4 is 15.8 Å². The van der Waals surface area contributed by atoms with E-state index in [4.69, 9.17) is 19.4 Å². The highest BCUT2D eigenvalue weighted by Crippen LogP contribution is 2.37. The number of hydrogen-bond donors (Lipinski definition) is 2. The van der Waals surface area contributed by atoms with Crippen molar-refractivity contribution in [2.75, 3.05) is 7.11 Å². The lowest BCUT2D eigenvalue weighted by Crippen LogP contribution is -2.25. The van der Waals surface area contributed by atoms with Gasteiger partial charge in [-0.2, -0.15) is 18.2 Å². The van der Waals surface area contributed by atoms with Crippen molar-refractivity contribution in [2.45, 2.75) is 45.5 Å². The molecule has 36 heavy (non-hydrogen) atoms. The van der Waals surface area contributed by atoms with Crippen molar-refractivity contribution >= 4 is 16.8 Å². The Morgan fingerprint density at radius 1 is 1.11 bits per heavy atom. The van der Waals surface area contributed by atoms with Gasteiger partial charge >= 0.3 is 6.18 Å². The molecule has 0 radical (unpaired) electrons. The van der Waals surface area contributed by atoms with E-state index in [0.29, 0.717) is 16.8 Å². The zero-order valence-electron chi connectivity index (χ0n) is 19.9. The van der Waals surface area contributed by atoms with Gasteiger partial charge < -0.3 is 24.7 Å². The van der Waals surface area contributed by atoms with Crippen LogP contribution in [0.1, 0.15) is 54.4 Å². The second-order valence-corrected chi connectivity index (χ2v) is 8.85. The summed E-state index contributed by atoms with van der Waals surface area (Å²) in [7, 11) is 1.32. The lowest BCUT2D eigenvalue weighted by molar-refractivity contribution is -0.140. The first-order valence-electron chi connectivity index (χ1n) is 10.8. The van der Waals surface area contributed by atoms with Crippen LogP contribution in [0.3, 0.4) is 0 Å². The molecule has 3 aromatic heterocycles. The molecule has 0 fully saturated rings. The largest absolute Gasteiger partial charge is 0.494 e. The van der Waals surface area contributed by atoms with Gasteiger partial charge in [-0.05, 0) is 24.3 Å². The fourth-order valence-electron chi connectivity index (χ4n) is 3.36. The molecule has 4 aromatic rings. The monoisotopic (exact) mass is 504 g/mol. The molecule has 10 nitrogen and oxygen atoms in total. The highest BCUT2D eigenvalue weighted by atomic mass is 19.4. The molecular weight excluding hydrogens is 481 g/mol. The van der Waals surface area contributed by atoms with E-state index in [9.17, 15) is 18.0 Å². The summed E-state index contributed by atoms with van der Waals surface area (Å²) in [5.74, 6) is 0.325. The summed E-state index contributed by atoms with van der Waals surface area (Å²) in [6.45, 7) is 5.57. The first-order chi connectivity index (χ1) is 16.9. The number of carbonyl (C=O) groups excluding carboxylic acids is 1. The van der Waals surface area contributed by atoms with E-state index < -0.39 is 17.8 Å². The Balaban J connectivity index is 1.66. The van der Waals surface area contributed by atoms with Crippen molar-refractivity contribution < 1.29 is 31.6 Å².